The second-order valence-electron chi connectivity index (χ2n) is 3.74. The highest BCUT2D eigenvalue weighted by atomic mass is 79.9. The minimum atomic E-state index is -0.137. The van der Waals surface area contributed by atoms with Crippen LogP contribution in [0.15, 0.2) is 21.4 Å². The van der Waals surface area contributed by atoms with Crippen LogP contribution < -0.4 is 10.3 Å². The number of rotatable bonds is 3. The van der Waals surface area contributed by atoms with Gasteiger partial charge in [0.2, 0.25) is 5.88 Å². The summed E-state index contributed by atoms with van der Waals surface area (Å²) in [6.45, 7) is 0.664. The summed E-state index contributed by atoms with van der Waals surface area (Å²) in [6, 6.07) is 0. The van der Waals surface area contributed by atoms with Crippen molar-refractivity contribution in [2.24, 2.45) is 0 Å². The van der Waals surface area contributed by atoms with Crippen molar-refractivity contribution in [1.29, 1.82) is 0 Å². The number of halogens is 1. The molecule has 0 amide bonds. The smallest absolute Gasteiger partial charge is 0.263 e. The fraction of sp³-hybridized carbons (Fsp3) is 0.333. The third-order valence-corrected chi connectivity index (χ3v) is 3.06. The molecule has 0 atom stereocenters. The van der Waals surface area contributed by atoms with Crippen LogP contribution in [0.3, 0.4) is 0 Å². The van der Waals surface area contributed by atoms with Crippen molar-refractivity contribution >= 4 is 22.0 Å². The Kier molecular flexibility index (Phi) is 3.98. The maximum absolute atomic E-state index is 12.3. The third-order valence-electron chi connectivity index (χ3n) is 2.57. The Labute approximate surface area is 113 Å². The van der Waals surface area contributed by atoms with E-state index >= 15 is 0 Å². The minimum absolute atomic E-state index is 0.137. The monoisotopic (exact) mass is 312 g/mol. The molecule has 2 heterocycles. The van der Waals surface area contributed by atoms with Crippen LogP contribution in [0.2, 0.25) is 0 Å². The number of hydrogen-bond donors (Lipinski definition) is 0. The Balaban J connectivity index is 2.66. The van der Waals surface area contributed by atoms with Gasteiger partial charge in [-0.25, -0.2) is 0 Å². The standard InChI is InChI=1S/C12H13BrN2O3/c1-17-7-9-11(18-2)14-10-6-8(13)4-3-5-15(10)12(9)16/h3-4,6H,5,7H2,1-2H3. The number of ether oxygens (including phenoxy) is 2. The van der Waals surface area contributed by atoms with Gasteiger partial charge < -0.3 is 9.47 Å². The van der Waals surface area contributed by atoms with Crippen LogP contribution in [-0.2, 0) is 17.9 Å². The van der Waals surface area contributed by atoms with E-state index in [1.54, 1.807) is 10.6 Å². The van der Waals surface area contributed by atoms with E-state index in [1.807, 2.05) is 12.2 Å². The SMILES string of the molecule is COCc1c(OC)nc2n(c1=O)CC=CC(Br)=C2. The molecule has 0 bridgehead atoms. The van der Waals surface area contributed by atoms with Crippen molar-refractivity contribution in [3.8, 4) is 5.88 Å². The highest BCUT2D eigenvalue weighted by Gasteiger charge is 2.16. The van der Waals surface area contributed by atoms with Crippen LogP contribution in [0.4, 0.5) is 0 Å². The van der Waals surface area contributed by atoms with E-state index in [0.29, 0.717) is 23.8 Å². The van der Waals surface area contributed by atoms with Crippen LogP contribution >= 0.6 is 15.9 Å². The van der Waals surface area contributed by atoms with Crippen LogP contribution in [0, 0.1) is 0 Å². The number of methoxy groups -OCH3 is 2. The van der Waals surface area contributed by atoms with Gasteiger partial charge in [-0.3, -0.25) is 9.36 Å². The van der Waals surface area contributed by atoms with Gasteiger partial charge in [-0.2, -0.15) is 4.98 Å². The van der Waals surface area contributed by atoms with E-state index in [-0.39, 0.29) is 12.2 Å². The first-order valence-electron chi connectivity index (χ1n) is 5.37. The molecule has 1 aliphatic rings. The lowest BCUT2D eigenvalue weighted by Gasteiger charge is -2.12. The van der Waals surface area contributed by atoms with Crippen molar-refractivity contribution < 1.29 is 9.47 Å². The predicted molar refractivity (Wildman–Crippen MR) is 71.8 cm³/mol. The van der Waals surface area contributed by atoms with E-state index in [0.717, 1.165) is 4.48 Å². The van der Waals surface area contributed by atoms with Gasteiger partial charge in [-0.15, -0.1) is 0 Å². The number of aromatic nitrogens is 2. The summed E-state index contributed by atoms with van der Waals surface area (Å²) in [7, 11) is 3.03. The first-order valence-corrected chi connectivity index (χ1v) is 6.17. The Bertz CT molecular complexity index is 575. The maximum Gasteiger partial charge on any atom is 0.263 e. The van der Waals surface area contributed by atoms with Crippen LogP contribution in [0.1, 0.15) is 11.4 Å². The lowest BCUT2D eigenvalue weighted by atomic mass is 10.3. The van der Waals surface area contributed by atoms with Crippen LogP contribution in [0.25, 0.3) is 6.08 Å². The first-order chi connectivity index (χ1) is 8.67. The molecule has 0 saturated heterocycles. The molecule has 1 aromatic rings. The zero-order chi connectivity index (χ0) is 13.1. The number of fused-ring (bicyclic) bond motifs is 1. The molecule has 2 rings (SSSR count). The van der Waals surface area contributed by atoms with E-state index in [1.165, 1.54) is 14.2 Å². The molecule has 0 radical (unpaired) electrons. The molecule has 96 valence electrons. The van der Waals surface area contributed by atoms with Crippen molar-refractivity contribution in [2.75, 3.05) is 14.2 Å². The fourth-order valence-electron chi connectivity index (χ4n) is 1.76. The van der Waals surface area contributed by atoms with Gasteiger partial charge in [0, 0.05) is 18.1 Å². The summed E-state index contributed by atoms with van der Waals surface area (Å²) in [5.74, 6) is 0.875. The van der Waals surface area contributed by atoms with Gasteiger partial charge in [-0.05, 0) is 6.08 Å². The second-order valence-corrected chi connectivity index (χ2v) is 4.65. The molecule has 0 saturated carbocycles. The van der Waals surface area contributed by atoms with E-state index < -0.39 is 0 Å². The highest BCUT2D eigenvalue weighted by molar-refractivity contribution is 9.12. The van der Waals surface area contributed by atoms with Crippen molar-refractivity contribution in [1.82, 2.24) is 9.55 Å². The summed E-state index contributed by atoms with van der Waals surface area (Å²) in [4.78, 5) is 16.7. The lowest BCUT2D eigenvalue weighted by Crippen LogP contribution is -2.27. The molecule has 0 spiro atoms. The molecule has 0 fully saturated rings. The largest absolute Gasteiger partial charge is 0.481 e. The summed E-state index contributed by atoms with van der Waals surface area (Å²) in [5.41, 5.74) is 0.297. The van der Waals surface area contributed by atoms with Gasteiger partial charge in [0.05, 0.1) is 13.7 Å². The molecule has 1 aliphatic heterocycles. The molecule has 18 heavy (non-hydrogen) atoms. The quantitative estimate of drug-likeness (QED) is 0.852. The molecule has 6 heteroatoms. The zero-order valence-electron chi connectivity index (χ0n) is 10.1. The van der Waals surface area contributed by atoms with E-state index in [2.05, 4.69) is 20.9 Å². The van der Waals surface area contributed by atoms with Gasteiger partial charge in [0.25, 0.3) is 5.56 Å². The summed E-state index contributed by atoms with van der Waals surface area (Å²) in [6.07, 6.45) is 5.56. The highest BCUT2D eigenvalue weighted by Crippen LogP contribution is 2.19. The van der Waals surface area contributed by atoms with Crippen molar-refractivity contribution in [2.45, 2.75) is 13.2 Å². The molecule has 0 aromatic carbocycles. The molecule has 0 aliphatic carbocycles. The number of allylic oxidation sites excluding steroid dienone is 3. The molecule has 1 aromatic heterocycles. The van der Waals surface area contributed by atoms with Gasteiger partial charge in [0.1, 0.15) is 11.4 Å². The molecular weight excluding hydrogens is 300 g/mol. The molecular formula is C12H13BrN2O3. The Morgan fingerprint density at radius 1 is 1.50 bits per heavy atom. The Hall–Kier alpha value is -1.40. The average molecular weight is 313 g/mol. The zero-order valence-corrected chi connectivity index (χ0v) is 11.7. The predicted octanol–water partition coefficient (Wildman–Crippen LogP) is 1.70. The maximum atomic E-state index is 12.3. The van der Waals surface area contributed by atoms with E-state index in [9.17, 15) is 4.79 Å². The van der Waals surface area contributed by atoms with Crippen LogP contribution in [-0.4, -0.2) is 23.8 Å². The average Bonchev–Trinajstić information content (AvgIpc) is 2.54. The first kappa shape index (κ1) is 13.0. The molecule has 0 unspecified atom stereocenters. The molecule has 0 N–H and O–H groups in total. The minimum Gasteiger partial charge on any atom is -0.481 e. The number of hydrogen-bond acceptors (Lipinski definition) is 4. The summed E-state index contributed by atoms with van der Waals surface area (Å²) < 4.78 is 12.6. The van der Waals surface area contributed by atoms with Crippen molar-refractivity contribution in [3.05, 3.63) is 38.4 Å². The Morgan fingerprint density at radius 3 is 2.94 bits per heavy atom. The van der Waals surface area contributed by atoms with Crippen LogP contribution in [0.5, 0.6) is 5.88 Å². The Morgan fingerprint density at radius 2 is 2.28 bits per heavy atom. The summed E-state index contributed by atoms with van der Waals surface area (Å²) >= 11 is 3.38. The summed E-state index contributed by atoms with van der Waals surface area (Å²) in [5, 5.41) is 0. The van der Waals surface area contributed by atoms with Gasteiger partial charge in [-0.1, -0.05) is 28.1 Å². The topological polar surface area (TPSA) is 53.4 Å². The fourth-order valence-corrected chi connectivity index (χ4v) is 2.15. The third kappa shape index (κ3) is 2.39. The van der Waals surface area contributed by atoms with Gasteiger partial charge >= 0.3 is 0 Å². The van der Waals surface area contributed by atoms with Crippen molar-refractivity contribution in [3.63, 3.8) is 0 Å². The normalized spacial score (nSPS) is 13.8. The lowest BCUT2D eigenvalue weighted by molar-refractivity contribution is 0.178. The van der Waals surface area contributed by atoms with Gasteiger partial charge in [0.15, 0.2) is 0 Å². The molecule has 5 nitrogen and oxygen atoms in total. The van der Waals surface area contributed by atoms with E-state index in [4.69, 9.17) is 9.47 Å². The second kappa shape index (κ2) is 5.49. The number of nitrogens with zero attached hydrogens (tertiary/aromatic N) is 2.